The number of rotatable bonds is 4. The zero-order valence-electron chi connectivity index (χ0n) is 15.1. The van der Waals surface area contributed by atoms with E-state index in [4.69, 9.17) is 9.47 Å². The van der Waals surface area contributed by atoms with Gasteiger partial charge in [-0.2, -0.15) is 0 Å². The highest BCUT2D eigenvalue weighted by Gasteiger charge is 2.42. The van der Waals surface area contributed by atoms with Crippen molar-refractivity contribution in [2.24, 2.45) is 0 Å². The summed E-state index contributed by atoms with van der Waals surface area (Å²) in [7, 11) is 0. The molecule has 9 heteroatoms. The van der Waals surface area contributed by atoms with Crippen LogP contribution >= 0.6 is 0 Å². The Hall–Kier alpha value is -3.04. The number of aromatic nitrogens is 2. The van der Waals surface area contributed by atoms with E-state index in [9.17, 15) is 19.5 Å². The third-order valence-electron chi connectivity index (χ3n) is 4.88. The van der Waals surface area contributed by atoms with Crippen molar-refractivity contribution in [2.45, 2.75) is 31.7 Å². The van der Waals surface area contributed by atoms with Crippen LogP contribution < -0.4 is 0 Å². The number of fused-ring (bicyclic) bond motifs is 1. The second-order valence-corrected chi connectivity index (χ2v) is 6.64. The highest BCUT2D eigenvalue weighted by Crippen LogP contribution is 2.34. The van der Waals surface area contributed by atoms with Gasteiger partial charge in [0.25, 0.3) is 11.8 Å². The molecule has 2 aromatic rings. The van der Waals surface area contributed by atoms with Crippen molar-refractivity contribution >= 4 is 17.9 Å². The van der Waals surface area contributed by atoms with Crippen molar-refractivity contribution in [2.75, 3.05) is 13.2 Å². The molecule has 28 heavy (non-hydrogen) atoms. The van der Waals surface area contributed by atoms with Crippen LogP contribution in [0.15, 0.2) is 36.8 Å². The summed E-state index contributed by atoms with van der Waals surface area (Å²) in [5.41, 5.74) is 1.17. The number of nitrogens with zero attached hydrogens (tertiary/aromatic N) is 3. The lowest BCUT2D eigenvalue weighted by Crippen LogP contribution is -2.40. The molecule has 1 aromatic heterocycles. The number of imide groups is 1. The van der Waals surface area contributed by atoms with E-state index in [0.29, 0.717) is 16.8 Å². The van der Waals surface area contributed by atoms with Crippen LogP contribution in [0.3, 0.4) is 0 Å². The fourth-order valence-electron chi connectivity index (χ4n) is 3.47. The molecule has 0 spiro atoms. The van der Waals surface area contributed by atoms with Crippen molar-refractivity contribution in [3.63, 3.8) is 0 Å². The van der Waals surface area contributed by atoms with Crippen molar-refractivity contribution in [3.05, 3.63) is 53.6 Å². The summed E-state index contributed by atoms with van der Waals surface area (Å²) in [4.78, 5) is 42.0. The number of ether oxygens (including phenoxy) is 2. The number of carbonyl (C=O) groups excluding carboxylic acids is 3. The fraction of sp³-hybridized carbons (Fsp3) is 0.368. The number of benzene rings is 1. The van der Waals surface area contributed by atoms with Crippen LogP contribution in [0.2, 0.25) is 0 Å². The third-order valence-corrected chi connectivity index (χ3v) is 4.88. The van der Waals surface area contributed by atoms with Gasteiger partial charge in [-0.15, -0.1) is 0 Å². The zero-order chi connectivity index (χ0) is 19.8. The number of hydrogen-bond donors (Lipinski definition) is 1. The van der Waals surface area contributed by atoms with Crippen LogP contribution in [0.5, 0.6) is 0 Å². The summed E-state index contributed by atoms with van der Waals surface area (Å²) in [5, 5.41) is 10.4. The molecule has 1 aromatic carbocycles. The van der Waals surface area contributed by atoms with E-state index in [1.807, 2.05) is 0 Å². The quantitative estimate of drug-likeness (QED) is 0.792. The summed E-state index contributed by atoms with van der Waals surface area (Å²) in [6.07, 6.45) is 0.337. The second-order valence-electron chi connectivity index (χ2n) is 6.64. The maximum atomic E-state index is 12.5. The first-order valence-corrected chi connectivity index (χ1v) is 8.99. The van der Waals surface area contributed by atoms with Crippen molar-refractivity contribution in [3.8, 4) is 0 Å². The number of amides is 2. The molecule has 0 aliphatic carbocycles. The van der Waals surface area contributed by atoms with Crippen molar-refractivity contribution < 1.29 is 29.0 Å². The number of aliphatic hydroxyl groups excluding tert-OH is 1. The van der Waals surface area contributed by atoms with Crippen LogP contribution in [0, 0.1) is 0 Å². The van der Waals surface area contributed by atoms with Gasteiger partial charge in [-0.3, -0.25) is 14.5 Å². The zero-order valence-corrected chi connectivity index (χ0v) is 15.1. The molecular weight excluding hydrogens is 366 g/mol. The molecule has 0 bridgehead atoms. The monoisotopic (exact) mass is 385 g/mol. The number of aliphatic hydroxyl groups is 1. The van der Waals surface area contributed by atoms with Crippen LogP contribution in [0.25, 0.3) is 0 Å². The molecule has 3 atom stereocenters. The first kappa shape index (κ1) is 18.3. The lowest BCUT2D eigenvalue weighted by molar-refractivity contribution is -0.00698. The number of hydrogen-bond acceptors (Lipinski definition) is 7. The van der Waals surface area contributed by atoms with Gasteiger partial charge in [0, 0.05) is 12.6 Å². The maximum absolute atomic E-state index is 12.5. The average molecular weight is 385 g/mol. The Labute approximate surface area is 160 Å². The van der Waals surface area contributed by atoms with Gasteiger partial charge in [0.2, 0.25) is 0 Å². The molecule has 9 nitrogen and oxygen atoms in total. The van der Waals surface area contributed by atoms with E-state index in [1.54, 1.807) is 31.2 Å². The van der Waals surface area contributed by atoms with Gasteiger partial charge in [0.1, 0.15) is 18.5 Å². The van der Waals surface area contributed by atoms with Gasteiger partial charge in [-0.25, -0.2) is 14.3 Å². The molecule has 1 fully saturated rings. The van der Waals surface area contributed by atoms with E-state index in [0.717, 1.165) is 4.90 Å². The topological polar surface area (TPSA) is 111 Å². The number of carbonyl (C=O) groups is 3. The van der Waals surface area contributed by atoms with Gasteiger partial charge in [0.15, 0.2) is 0 Å². The Morgan fingerprint density at radius 3 is 2.61 bits per heavy atom. The normalized spacial score (nSPS) is 23.9. The summed E-state index contributed by atoms with van der Waals surface area (Å²) < 4.78 is 11.9. The molecule has 0 unspecified atom stereocenters. The largest absolute Gasteiger partial charge is 0.449 e. The van der Waals surface area contributed by atoms with Crippen LogP contribution in [0.1, 0.15) is 45.9 Å². The molecule has 0 radical (unpaired) electrons. The Bertz CT molecular complexity index is 904. The van der Waals surface area contributed by atoms with E-state index in [-0.39, 0.29) is 19.6 Å². The third kappa shape index (κ3) is 3.08. The lowest BCUT2D eigenvalue weighted by atomic mass is 10.1. The standard InChI is InChI=1S/C19H19N3O6/c1-2-27-19(26)21-8-13(20-10-21)15-7-14(23)16(28-15)9-22-17(24)11-5-3-4-6-12(11)18(22)25/h3-6,8,10,14-16,23H,2,7,9H2,1H3/t14-,15+,16+/m0/s1. The first-order chi connectivity index (χ1) is 13.5. The SMILES string of the molecule is CCOC(=O)n1cnc([C@H]2C[C@H](O)[C@@H](CN3C(=O)c4ccccc4C3=O)O2)c1. The molecule has 146 valence electrons. The highest BCUT2D eigenvalue weighted by atomic mass is 16.5. The number of imidazole rings is 1. The molecule has 2 aliphatic rings. The summed E-state index contributed by atoms with van der Waals surface area (Å²) >= 11 is 0. The predicted octanol–water partition coefficient (Wildman–Crippen LogP) is 1.37. The predicted molar refractivity (Wildman–Crippen MR) is 94.7 cm³/mol. The van der Waals surface area contributed by atoms with E-state index in [1.165, 1.54) is 17.1 Å². The molecule has 2 amide bonds. The summed E-state index contributed by atoms with van der Waals surface area (Å²) in [5.74, 6) is -0.794. The van der Waals surface area contributed by atoms with Crippen LogP contribution in [-0.2, 0) is 9.47 Å². The van der Waals surface area contributed by atoms with Gasteiger partial charge in [-0.1, -0.05) is 12.1 Å². The minimum absolute atomic E-state index is 0.0530. The Kier molecular flexibility index (Phi) is 4.70. The average Bonchev–Trinajstić information content (AvgIpc) is 3.37. The molecule has 1 N–H and O–H groups in total. The van der Waals surface area contributed by atoms with Gasteiger partial charge in [-0.05, 0) is 19.1 Å². The minimum atomic E-state index is -0.873. The Balaban J connectivity index is 1.45. The lowest BCUT2D eigenvalue weighted by Gasteiger charge is -2.21. The molecular formula is C19H19N3O6. The van der Waals surface area contributed by atoms with Gasteiger partial charge in [0.05, 0.1) is 36.1 Å². The molecule has 4 rings (SSSR count). The van der Waals surface area contributed by atoms with E-state index < -0.39 is 36.2 Å². The van der Waals surface area contributed by atoms with Crippen molar-refractivity contribution in [1.29, 1.82) is 0 Å². The van der Waals surface area contributed by atoms with E-state index in [2.05, 4.69) is 4.98 Å². The fourth-order valence-corrected chi connectivity index (χ4v) is 3.47. The van der Waals surface area contributed by atoms with E-state index >= 15 is 0 Å². The van der Waals surface area contributed by atoms with Crippen molar-refractivity contribution in [1.82, 2.24) is 14.5 Å². The molecule has 2 aliphatic heterocycles. The van der Waals surface area contributed by atoms with Crippen LogP contribution in [-0.4, -0.2) is 62.8 Å². The Morgan fingerprint density at radius 1 is 1.29 bits per heavy atom. The van der Waals surface area contributed by atoms with Gasteiger partial charge >= 0.3 is 6.09 Å². The smallest absolute Gasteiger partial charge is 0.419 e. The Morgan fingerprint density at radius 2 is 1.96 bits per heavy atom. The highest BCUT2D eigenvalue weighted by molar-refractivity contribution is 6.21. The molecule has 1 saturated heterocycles. The maximum Gasteiger partial charge on any atom is 0.419 e. The minimum Gasteiger partial charge on any atom is -0.449 e. The van der Waals surface area contributed by atoms with Gasteiger partial charge < -0.3 is 14.6 Å². The first-order valence-electron chi connectivity index (χ1n) is 8.99. The van der Waals surface area contributed by atoms with Crippen LogP contribution in [0.4, 0.5) is 4.79 Å². The molecule has 3 heterocycles. The molecule has 0 saturated carbocycles. The second kappa shape index (κ2) is 7.17. The summed E-state index contributed by atoms with van der Waals surface area (Å²) in [6, 6.07) is 6.60. The summed E-state index contributed by atoms with van der Waals surface area (Å²) in [6.45, 7) is 1.89.